The number of carbonyl (C=O) groups excluding carboxylic acids is 8. The van der Waals surface area contributed by atoms with Gasteiger partial charge in [0.2, 0.25) is 5.88 Å². The highest BCUT2D eigenvalue weighted by atomic mass is 19.1. The summed E-state index contributed by atoms with van der Waals surface area (Å²) in [5.74, 6) is 5.76. The number of nitrogens with zero attached hydrogens (tertiary/aromatic N) is 5. The second-order valence-electron chi connectivity index (χ2n) is 36.1. The van der Waals surface area contributed by atoms with Crippen LogP contribution in [0, 0.1) is 73.7 Å². The number of aryl methyl sites for hydroxylation is 7. The Morgan fingerprint density at radius 1 is 0.517 bits per heavy atom. The van der Waals surface area contributed by atoms with Gasteiger partial charge in [-0.3, -0.25) is 63.0 Å². The number of hydrogen-bond acceptors (Lipinski definition) is 23. The predicted octanol–water partition coefficient (Wildman–Crippen LogP) is 21.2. The number of ether oxygens (including phenoxy) is 1. The van der Waals surface area contributed by atoms with E-state index in [0.717, 1.165) is 126 Å². The van der Waals surface area contributed by atoms with Gasteiger partial charge < -0.3 is 57.3 Å². The largest absolute Gasteiger partial charge is 0.494 e. The van der Waals surface area contributed by atoms with Crippen molar-refractivity contribution in [3.8, 4) is 18.2 Å². The smallest absolute Gasteiger partial charge is 0.257 e. The second kappa shape index (κ2) is 63.4. The Bertz CT molecular complexity index is 6350. The van der Waals surface area contributed by atoms with Gasteiger partial charge in [-0.25, -0.2) is 24.3 Å². The molecule has 9 heterocycles. The van der Waals surface area contributed by atoms with Crippen LogP contribution in [0.25, 0.3) is 0 Å². The number of hydrogen-bond donors (Lipinski definition) is 11. The van der Waals surface area contributed by atoms with Gasteiger partial charge in [0.05, 0.1) is 18.1 Å². The van der Waals surface area contributed by atoms with Gasteiger partial charge in [0.15, 0.2) is 46.5 Å². The number of amides is 2. The number of H-pyrrole nitrogens is 3. The second-order valence-corrected chi connectivity index (χ2v) is 36.1. The molecule has 0 radical (unpaired) electrons. The number of pyridine rings is 1. The maximum atomic E-state index is 12.7. The van der Waals surface area contributed by atoms with Gasteiger partial charge in [-0.1, -0.05) is 135 Å². The molecule has 11 aliphatic rings. The molecule has 13 N–H and O–H groups in total. The highest BCUT2D eigenvalue weighted by molar-refractivity contribution is 6.02. The van der Waals surface area contributed by atoms with Crippen LogP contribution in [0.5, 0.6) is 5.88 Å². The summed E-state index contributed by atoms with van der Waals surface area (Å²) in [4.78, 5) is 147. The molecule has 0 saturated carbocycles. The molecule has 0 saturated heterocycles. The molecular formula is C116H151FN14O14. The third-order valence-corrected chi connectivity index (χ3v) is 22.9. The number of aliphatic hydroxyl groups is 1. The van der Waals surface area contributed by atoms with Gasteiger partial charge >= 0.3 is 0 Å². The molecule has 2 unspecified atom stereocenters. The van der Waals surface area contributed by atoms with Gasteiger partial charge in [0.1, 0.15) is 29.6 Å². The number of carbonyl (C=O) groups is 8. The average Bonchev–Trinajstić information content (AvgIpc) is 0.866. The molecule has 2 amide bonds. The SMILES string of the molecule is C#CC1=C(C)CC(=O)C(C)=C1.C=C1CC=C(C)C(=O)N1.C=C1CC=C(C)C(N)=N1.C=C1NC(=O)C(C)=CO1.C=C1NC(N)C(C)C=C1C.C=C1NC(O)=C(C)C=C1C.C=CC1=C(C)CC(=O)C(C)=C1.CC1=CC(C)=C(C)CC1=O.CC1=CC(F)=C(C)CC1=O.CC1=CC=C(C)C(=O)C1.CCC1=C(C)CC(=O)C(C)=C1.Cc1cnc(C)c(C)c1.Cc1cnc[nH]c1=O.Cc1nc(O)c(C)c(=O)[nH]1.Cc1ncc(C)c(=O)[nH]1. The number of amidine groups is 1. The Morgan fingerprint density at radius 3 is 1.49 bits per heavy atom. The summed E-state index contributed by atoms with van der Waals surface area (Å²) < 4.78 is 17.4. The summed E-state index contributed by atoms with van der Waals surface area (Å²) in [6.07, 6.45) is 41.4. The van der Waals surface area contributed by atoms with Crippen molar-refractivity contribution in [3.05, 3.63) is 389 Å². The Morgan fingerprint density at radius 2 is 1.03 bits per heavy atom. The van der Waals surface area contributed by atoms with E-state index in [4.69, 9.17) is 32.8 Å². The van der Waals surface area contributed by atoms with Crippen LogP contribution in [0.4, 0.5) is 4.39 Å². The van der Waals surface area contributed by atoms with E-state index in [1.165, 1.54) is 70.8 Å². The maximum absolute atomic E-state index is 12.7. The number of allylic oxidation sites excluding steroid dienone is 31. The van der Waals surface area contributed by atoms with Crippen molar-refractivity contribution >= 4 is 52.3 Å². The van der Waals surface area contributed by atoms with Crippen LogP contribution in [0.15, 0.2) is 332 Å². The lowest BCUT2D eigenvalue weighted by Crippen LogP contribution is -2.44. The van der Waals surface area contributed by atoms with Crippen LogP contribution in [-0.4, -0.2) is 104 Å². The van der Waals surface area contributed by atoms with Crippen molar-refractivity contribution in [1.82, 2.24) is 56.2 Å². The van der Waals surface area contributed by atoms with E-state index in [-0.39, 0.29) is 105 Å². The van der Waals surface area contributed by atoms with Crippen molar-refractivity contribution in [2.24, 2.45) is 22.4 Å². The van der Waals surface area contributed by atoms with Crippen molar-refractivity contribution < 1.29 is 57.7 Å². The predicted molar refractivity (Wildman–Crippen MR) is 583 cm³/mol. The quantitative estimate of drug-likeness (QED) is 0.0830. The van der Waals surface area contributed by atoms with E-state index in [9.17, 15) is 57.1 Å². The van der Waals surface area contributed by atoms with E-state index >= 15 is 0 Å². The molecule has 776 valence electrons. The highest BCUT2D eigenvalue weighted by Gasteiger charge is 2.21. The number of Topliss-reactive ketones (excluding diaryl/α,β-unsaturated/α-hetero) is 6. The Balaban J connectivity index is 0.000000777. The third kappa shape index (κ3) is 47.7. The molecule has 5 aliphatic heterocycles. The number of halogens is 1. The fourth-order valence-corrected chi connectivity index (χ4v) is 12.4. The lowest BCUT2D eigenvalue weighted by molar-refractivity contribution is -0.118. The maximum Gasteiger partial charge on any atom is 0.257 e. The van der Waals surface area contributed by atoms with Crippen LogP contribution in [0.1, 0.15) is 248 Å². The summed E-state index contributed by atoms with van der Waals surface area (Å²) in [5.41, 5.74) is 40.4. The van der Waals surface area contributed by atoms with Gasteiger partial charge in [-0.2, -0.15) is 0 Å². The van der Waals surface area contributed by atoms with Crippen LogP contribution in [-0.2, 0) is 43.1 Å². The van der Waals surface area contributed by atoms with Crippen molar-refractivity contribution in [2.45, 2.75) is 265 Å². The molecule has 15 rings (SSSR count). The Labute approximate surface area is 855 Å². The minimum absolute atomic E-state index is 0.0220. The summed E-state index contributed by atoms with van der Waals surface area (Å²) in [7, 11) is 0. The molecule has 6 aliphatic carbocycles. The number of rotatable bonds is 2. The number of aromatic nitrogens is 7. The van der Waals surface area contributed by atoms with E-state index in [1.807, 2.05) is 159 Å². The number of aliphatic hydroxyl groups excluding tert-OH is 1. The van der Waals surface area contributed by atoms with Crippen LogP contribution in [0.3, 0.4) is 0 Å². The zero-order valence-corrected chi connectivity index (χ0v) is 90.3. The topological polar surface area (TPSA) is 449 Å². The Kier molecular flexibility index (Phi) is 55.7. The normalized spacial score (nSPS) is 17.5. The van der Waals surface area contributed by atoms with E-state index in [0.29, 0.717) is 83.4 Å². The summed E-state index contributed by atoms with van der Waals surface area (Å²) in [5, 5.41) is 29.0. The first kappa shape index (κ1) is 127. The molecule has 29 heteroatoms. The molecule has 4 aromatic rings. The van der Waals surface area contributed by atoms with Crippen LogP contribution in [0.2, 0.25) is 0 Å². The first-order valence-corrected chi connectivity index (χ1v) is 46.9. The van der Waals surface area contributed by atoms with Crippen molar-refractivity contribution in [2.75, 3.05) is 0 Å². The number of aliphatic imine (C=N–C) groups is 1. The lowest BCUT2D eigenvalue weighted by atomic mass is 9.92. The zero-order valence-electron chi connectivity index (χ0n) is 90.3. The molecule has 0 aromatic carbocycles. The molecular weight excluding hydrogens is 1830 g/mol. The summed E-state index contributed by atoms with van der Waals surface area (Å²) >= 11 is 0. The van der Waals surface area contributed by atoms with Gasteiger partial charge in [-0.15, -0.1) is 6.42 Å². The standard InChI is InChI=1S/C10H14O.C10H12O.C10H10O.C9H12O.C8H9FO.C8H14N2.C8H11NO.C8H11N.C8H10O.C7H10N2.C7H9NO.C6H8N2O2.C6H8N2O.C6H7NO2.C5H6N2O/c3*1-4-9-5-8(3)10(11)6-7(9)2;1-6-4-8(3)9(10)5-7(6)2;1-5-4-8(10)6(2)3-7(5)9;1-5-4-6(2)8(9)10-7(5)3;1-5-4-6(2)8(10)9-7(5)3;1-6-4-7(2)8(3)9-5-6;1-6-3-4-7(2)8(9)5-6;1-5-3-4-6(2)9-7(5)8;1-5-3-4-6(2)8-7(5)9;1-3-5(9)7-4(2)8-6(3)10;1-4-3-7-5(2)8-6(4)9;1-4-3-9-5(2)7-6(4)8;1-4-2-6-3-7-5(4)8/h5H,4,6H2,1-3H3;4-5H,1,6H2,2-3H3;1,5H,6H2,2-3H3;4H,5H2,1-3H3;3H,4H2,1-2H3;4,6,8,10H,3,9H2,1-2H3;4,9-10H,3H2,1-2H3;4-5H,1-3H3;3-4H,5H2,1-2H3;3H,2,4H2,1H3,(H2,8,9);3H,2,4H2,1H3,(H,8,9);1-2H3,(H2,7,8,9,10);3H,1-2H3,(H,7,8,9);3H,2H2,1H3,(H,7,8);2-3H,1H3,(H,6,7,8). The number of terminal acetylenes is 1. The van der Waals surface area contributed by atoms with Gasteiger partial charge in [0, 0.05) is 138 Å². The summed E-state index contributed by atoms with van der Waals surface area (Å²) in [6.45, 7) is 76.3. The van der Waals surface area contributed by atoms with Gasteiger partial charge in [-0.05, 0) is 308 Å². The summed E-state index contributed by atoms with van der Waals surface area (Å²) in [6, 6.07) is 2.14. The molecule has 145 heavy (non-hydrogen) atoms. The molecule has 2 atom stereocenters. The monoisotopic (exact) mass is 1980 g/mol. The molecule has 4 aromatic heterocycles. The van der Waals surface area contributed by atoms with Gasteiger partial charge in [0.25, 0.3) is 28.5 Å². The van der Waals surface area contributed by atoms with E-state index in [2.05, 4.69) is 146 Å². The fourth-order valence-electron chi connectivity index (χ4n) is 12.4. The number of ketones is 6. The van der Waals surface area contributed by atoms with Crippen molar-refractivity contribution in [1.29, 1.82) is 0 Å². The number of dihydropyridines is 2. The first-order valence-electron chi connectivity index (χ1n) is 46.9. The average molecular weight is 1980 g/mol. The minimum atomic E-state index is -0.287. The van der Waals surface area contributed by atoms with E-state index in [1.54, 1.807) is 80.7 Å². The first-order chi connectivity index (χ1) is 67.5. The number of aromatic amines is 3. The number of aromatic hydroxyl groups is 1. The van der Waals surface area contributed by atoms with Crippen LogP contribution >= 0.6 is 0 Å². The Hall–Kier alpha value is -15.6. The number of nitrogens with one attached hydrogen (secondary N) is 7. The molecule has 0 spiro atoms. The number of nitrogens with two attached hydrogens (primary N) is 2. The lowest BCUT2D eigenvalue weighted by Gasteiger charge is -2.27. The fraction of sp³-hybridized carbons (Fsp3) is 0.345. The minimum Gasteiger partial charge on any atom is -0.494 e. The molecule has 0 fully saturated rings. The molecule has 0 bridgehead atoms. The van der Waals surface area contributed by atoms with Crippen LogP contribution < -0.4 is 49.4 Å². The zero-order chi connectivity index (χ0) is 111. The highest BCUT2D eigenvalue weighted by Crippen LogP contribution is 2.27. The van der Waals surface area contributed by atoms with Crippen molar-refractivity contribution in [3.63, 3.8) is 0 Å². The third-order valence-electron chi connectivity index (χ3n) is 22.9. The van der Waals surface area contributed by atoms with E-state index < -0.39 is 0 Å². The molecule has 28 nitrogen and oxygen atoms in total.